The minimum atomic E-state index is -4.52. The van der Waals surface area contributed by atoms with Crippen LogP contribution >= 0.6 is 0 Å². The maximum Gasteiger partial charge on any atom is 0.416 e. The molecule has 0 fully saturated rings. The molecule has 1 aliphatic heterocycles. The Balaban J connectivity index is 1.39. The molecule has 8 nitrogen and oxygen atoms in total. The van der Waals surface area contributed by atoms with E-state index in [9.17, 15) is 22.8 Å². The standard InChI is InChI=1S/C19H16F3N3O5/c20-19(21,22)13-2-1-3-14(7-13)25-17(26)9-24-30-10-18(27)23-8-12-4-5-15-16(6-12)29-11-28-15/h1-7,9H,8,10-11H2,(H,23,27)(H,25,26)/b24-9+. The summed E-state index contributed by atoms with van der Waals surface area (Å²) in [5.74, 6) is -0.0706. The van der Waals surface area contributed by atoms with Gasteiger partial charge in [0, 0.05) is 12.2 Å². The lowest BCUT2D eigenvalue weighted by Crippen LogP contribution is -2.26. The van der Waals surface area contributed by atoms with Gasteiger partial charge >= 0.3 is 6.18 Å². The molecule has 11 heteroatoms. The number of carbonyl (C=O) groups excluding carboxylic acids is 2. The summed E-state index contributed by atoms with van der Waals surface area (Å²) in [5.41, 5.74) is -0.160. The number of amides is 2. The Bertz CT molecular complexity index is 963. The van der Waals surface area contributed by atoms with Crippen molar-refractivity contribution in [1.82, 2.24) is 5.32 Å². The van der Waals surface area contributed by atoms with Crippen molar-refractivity contribution < 1.29 is 37.1 Å². The second-order valence-corrected chi connectivity index (χ2v) is 6.04. The van der Waals surface area contributed by atoms with Crippen LogP contribution in [0.3, 0.4) is 0 Å². The summed E-state index contributed by atoms with van der Waals surface area (Å²) in [6.45, 7) is -0.0746. The van der Waals surface area contributed by atoms with Gasteiger partial charge in [-0.2, -0.15) is 13.2 Å². The first-order chi connectivity index (χ1) is 14.3. The molecule has 0 saturated carbocycles. The smallest absolute Gasteiger partial charge is 0.416 e. The van der Waals surface area contributed by atoms with Crippen LogP contribution in [0.4, 0.5) is 18.9 Å². The molecule has 0 atom stereocenters. The summed E-state index contributed by atoms with van der Waals surface area (Å²) in [6.07, 6.45) is -3.81. The van der Waals surface area contributed by atoms with Gasteiger partial charge in [0.1, 0.15) is 6.21 Å². The van der Waals surface area contributed by atoms with Crippen LogP contribution in [0.2, 0.25) is 0 Å². The summed E-state index contributed by atoms with van der Waals surface area (Å²) in [5, 5.41) is 8.14. The van der Waals surface area contributed by atoms with Crippen molar-refractivity contribution in [2.24, 2.45) is 5.16 Å². The lowest BCUT2D eigenvalue weighted by molar-refractivity contribution is -0.137. The average Bonchev–Trinajstić information content (AvgIpc) is 3.17. The molecule has 2 amide bonds. The van der Waals surface area contributed by atoms with Crippen molar-refractivity contribution in [1.29, 1.82) is 0 Å². The number of benzene rings is 2. The fourth-order valence-corrected chi connectivity index (χ4v) is 2.43. The zero-order valence-electron chi connectivity index (χ0n) is 15.4. The summed E-state index contributed by atoms with van der Waals surface area (Å²) in [4.78, 5) is 28.1. The van der Waals surface area contributed by atoms with Crippen LogP contribution in [0.5, 0.6) is 11.5 Å². The Morgan fingerprint density at radius 1 is 1.13 bits per heavy atom. The molecule has 2 aromatic rings. The molecule has 30 heavy (non-hydrogen) atoms. The molecule has 0 aliphatic carbocycles. The number of nitrogens with zero attached hydrogens (tertiary/aromatic N) is 1. The lowest BCUT2D eigenvalue weighted by Gasteiger charge is -2.08. The van der Waals surface area contributed by atoms with Gasteiger partial charge in [-0.25, -0.2) is 0 Å². The fourth-order valence-electron chi connectivity index (χ4n) is 2.43. The van der Waals surface area contributed by atoms with Crippen LogP contribution in [0, 0.1) is 0 Å². The van der Waals surface area contributed by atoms with Gasteiger partial charge in [-0.1, -0.05) is 17.3 Å². The highest BCUT2D eigenvalue weighted by atomic mass is 19.4. The van der Waals surface area contributed by atoms with E-state index in [1.165, 1.54) is 6.07 Å². The monoisotopic (exact) mass is 423 g/mol. The van der Waals surface area contributed by atoms with Gasteiger partial charge in [-0.05, 0) is 35.9 Å². The Morgan fingerprint density at radius 2 is 1.93 bits per heavy atom. The van der Waals surface area contributed by atoms with Crippen LogP contribution in [0.25, 0.3) is 0 Å². The normalized spacial score (nSPS) is 12.6. The summed E-state index contributed by atoms with van der Waals surface area (Å²) in [6, 6.07) is 9.37. The lowest BCUT2D eigenvalue weighted by atomic mass is 10.2. The molecule has 158 valence electrons. The predicted molar refractivity (Wildman–Crippen MR) is 98.9 cm³/mol. The van der Waals surface area contributed by atoms with Crippen LogP contribution in [0.1, 0.15) is 11.1 Å². The molecule has 1 aliphatic rings. The summed E-state index contributed by atoms with van der Waals surface area (Å²) < 4.78 is 48.4. The SMILES string of the molecule is O=C(/C=N/OCC(=O)NCc1ccc2c(c1)OCO2)Nc1cccc(C(F)(F)F)c1. The quantitative estimate of drug-likeness (QED) is 0.527. The van der Waals surface area contributed by atoms with Gasteiger partial charge in [0.05, 0.1) is 5.56 Å². The zero-order chi connectivity index (χ0) is 21.6. The molecule has 2 N–H and O–H groups in total. The number of ether oxygens (including phenoxy) is 2. The van der Waals surface area contributed by atoms with E-state index in [1.807, 2.05) is 0 Å². The Kier molecular flexibility index (Phi) is 6.40. The minimum absolute atomic E-state index is 0.0530. The van der Waals surface area contributed by atoms with E-state index in [-0.39, 0.29) is 19.0 Å². The summed E-state index contributed by atoms with van der Waals surface area (Å²) in [7, 11) is 0. The highest BCUT2D eigenvalue weighted by Gasteiger charge is 2.30. The van der Waals surface area contributed by atoms with Crippen LogP contribution in [-0.4, -0.2) is 31.4 Å². The molecule has 0 spiro atoms. The number of fused-ring (bicyclic) bond motifs is 1. The second kappa shape index (κ2) is 9.16. The van der Waals surface area contributed by atoms with E-state index in [0.717, 1.165) is 23.8 Å². The highest BCUT2D eigenvalue weighted by molar-refractivity contribution is 6.31. The Hall–Kier alpha value is -3.76. The fraction of sp³-hybridized carbons (Fsp3) is 0.211. The topological polar surface area (TPSA) is 98.2 Å². The largest absolute Gasteiger partial charge is 0.454 e. The number of oxime groups is 1. The van der Waals surface area contributed by atoms with E-state index >= 15 is 0 Å². The van der Waals surface area contributed by atoms with Crippen LogP contribution < -0.4 is 20.1 Å². The number of alkyl halides is 3. The molecule has 0 unspecified atom stereocenters. The maximum absolute atomic E-state index is 12.7. The molecular formula is C19H16F3N3O5. The molecule has 0 bridgehead atoms. The number of hydrogen-bond acceptors (Lipinski definition) is 6. The van der Waals surface area contributed by atoms with E-state index in [4.69, 9.17) is 14.3 Å². The third-order valence-electron chi connectivity index (χ3n) is 3.82. The number of rotatable bonds is 7. The van der Waals surface area contributed by atoms with Gasteiger partial charge in [-0.3, -0.25) is 9.59 Å². The zero-order valence-corrected chi connectivity index (χ0v) is 15.4. The Labute approximate surface area is 168 Å². The molecular weight excluding hydrogens is 407 g/mol. The highest BCUT2D eigenvalue weighted by Crippen LogP contribution is 2.32. The summed E-state index contributed by atoms with van der Waals surface area (Å²) >= 11 is 0. The van der Waals surface area contributed by atoms with Gasteiger partial charge in [-0.15, -0.1) is 0 Å². The first kappa shape index (κ1) is 21.0. The van der Waals surface area contributed by atoms with Crippen LogP contribution in [0.15, 0.2) is 47.6 Å². The van der Waals surface area contributed by atoms with Gasteiger partial charge in [0.2, 0.25) is 6.79 Å². The van der Waals surface area contributed by atoms with E-state index in [0.29, 0.717) is 17.7 Å². The van der Waals surface area contributed by atoms with Crippen molar-refractivity contribution in [3.63, 3.8) is 0 Å². The van der Waals surface area contributed by atoms with Crippen molar-refractivity contribution in [2.45, 2.75) is 12.7 Å². The van der Waals surface area contributed by atoms with Crippen molar-refractivity contribution in [2.75, 3.05) is 18.7 Å². The number of carbonyl (C=O) groups is 2. The van der Waals surface area contributed by atoms with E-state index in [1.54, 1.807) is 18.2 Å². The predicted octanol–water partition coefficient (Wildman–Crippen LogP) is 2.69. The molecule has 3 rings (SSSR count). The van der Waals surface area contributed by atoms with Crippen molar-refractivity contribution >= 4 is 23.7 Å². The molecule has 1 heterocycles. The Morgan fingerprint density at radius 3 is 2.73 bits per heavy atom. The number of anilines is 1. The van der Waals surface area contributed by atoms with Gasteiger partial charge in [0.25, 0.3) is 11.8 Å². The third kappa shape index (κ3) is 5.87. The minimum Gasteiger partial charge on any atom is -0.454 e. The maximum atomic E-state index is 12.7. The van der Waals surface area contributed by atoms with Crippen molar-refractivity contribution in [3.05, 3.63) is 53.6 Å². The molecule has 2 aromatic carbocycles. The van der Waals surface area contributed by atoms with E-state index in [2.05, 4.69) is 15.8 Å². The van der Waals surface area contributed by atoms with Gasteiger partial charge in [0.15, 0.2) is 18.1 Å². The van der Waals surface area contributed by atoms with Crippen LogP contribution in [-0.2, 0) is 27.1 Å². The third-order valence-corrected chi connectivity index (χ3v) is 3.82. The second-order valence-electron chi connectivity index (χ2n) is 6.04. The van der Waals surface area contributed by atoms with Crippen molar-refractivity contribution in [3.8, 4) is 11.5 Å². The van der Waals surface area contributed by atoms with E-state index < -0.39 is 30.2 Å². The average molecular weight is 423 g/mol. The number of halogens is 3. The van der Waals surface area contributed by atoms with Gasteiger partial charge < -0.3 is 24.9 Å². The molecule has 0 radical (unpaired) electrons. The molecule has 0 aromatic heterocycles. The first-order valence-corrected chi connectivity index (χ1v) is 8.60. The number of nitrogens with one attached hydrogen (secondary N) is 2. The first-order valence-electron chi connectivity index (χ1n) is 8.60. The number of hydrogen-bond donors (Lipinski definition) is 2. The molecule has 0 saturated heterocycles.